The van der Waals surface area contributed by atoms with E-state index in [0.717, 1.165) is 58.0 Å². The lowest BCUT2D eigenvalue weighted by atomic mass is 10.1. The van der Waals surface area contributed by atoms with Crippen LogP contribution < -0.4 is 4.74 Å². The molecule has 0 spiro atoms. The predicted molar refractivity (Wildman–Crippen MR) is 113 cm³/mol. The molecule has 0 atom stereocenters. The summed E-state index contributed by atoms with van der Waals surface area (Å²) in [6.07, 6.45) is 5.00. The third kappa shape index (κ3) is 7.00. The first-order valence-corrected chi connectivity index (χ1v) is 10.5. The smallest absolute Gasteiger partial charge is 0.119 e. The van der Waals surface area contributed by atoms with Gasteiger partial charge in [-0.05, 0) is 29.7 Å². The van der Waals surface area contributed by atoms with Crippen molar-refractivity contribution >= 4 is 0 Å². The largest absolute Gasteiger partial charge is 0.494 e. The summed E-state index contributed by atoms with van der Waals surface area (Å²) in [6.45, 7) is 9.76. The van der Waals surface area contributed by atoms with Crippen molar-refractivity contribution in [2.75, 3.05) is 32.8 Å². The predicted octanol–water partition coefficient (Wildman–Crippen LogP) is 4.96. The Bertz CT molecular complexity index is 633. The van der Waals surface area contributed by atoms with Gasteiger partial charge in [-0.1, -0.05) is 68.7 Å². The molecule has 1 fully saturated rings. The molecule has 146 valence electrons. The Morgan fingerprint density at radius 3 is 1.89 bits per heavy atom. The maximum Gasteiger partial charge on any atom is 0.119 e. The minimum atomic E-state index is 0.836. The first-order valence-electron chi connectivity index (χ1n) is 10.5. The Balaban J connectivity index is 1.36. The van der Waals surface area contributed by atoms with Gasteiger partial charge in [-0.25, -0.2) is 0 Å². The van der Waals surface area contributed by atoms with Crippen LogP contribution in [0.5, 0.6) is 5.75 Å². The SMILES string of the molecule is CCCCCCOc1ccc(CN2CCN(Cc3ccccc3)CC2)cc1. The first-order chi connectivity index (χ1) is 13.3. The highest BCUT2D eigenvalue weighted by molar-refractivity contribution is 5.27. The van der Waals surface area contributed by atoms with Crippen molar-refractivity contribution in [2.45, 2.75) is 45.7 Å². The molecule has 2 aromatic rings. The third-order valence-electron chi connectivity index (χ3n) is 5.31. The Hall–Kier alpha value is -1.84. The van der Waals surface area contributed by atoms with Gasteiger partial charge in [0, 0.05) is 39.3 Å². The summed E-state index contributed by atoms with van der Waals surface area (Å²) in [4.78, 5) is 5.11. The standard InChI is InChI=1S/C24H34N2O/c1-2-3-4-8-19-27-24-13-11-23(12-14-24)21-26-17-15-25(16-18-26)20-22-9-6-5-7-10-22/h5-7,9-14H,2-4,8,15-21H2,1H3. The van der Waals surface area contributed by atoms with Gasteiger partial charge in [0.15, 0.2) is 0 Å². The van der Waals surface area contributed by atoms with Crippen LogP contribution in [0.25, 0.3) is 0 Å². The molecular weight excluding hydrogens is 332 g/mol. The molecule has 0 aliphatic carbocycles. The summed E-state index contributed by atoms with van der Waals surface area (Å²) in [7, 11) is 0. The fraction of sp³-hybridized carbons (Fsp3) is 0.500. The molecule has 2 aromatic carbocycles. The Labute approximate surface area is 164 Å². The summed E-state index contributed by atoms with van der Waals surface area (Å²) in [6, 6.07) is 19.5. The van der Waals surface area contributed by atoms with Gasteiger partial charge in [-0.2, -0.15) is 0 Å². The van der Waals surface area contributed by atoms with Crippen molar-refractivity contribution < 1.29 is 4.74 Å². The van der Waals surface area contributed by atoms with E-state index in [1.165, 1.54) is 30.4 Å². The number of piperazine rings is 1. The first kappa shape index (κ1) is 19.9. The average Bonchev–Trinajstić information content (AvgIpc) is 2.71. The second-order valence-electron chi connectivity index (χ2n) is 7.59. The quantitative estimate of drug-likeness (QED) is 0.553. The topological polar surface area (TPSA) is 15.7 Å². The van der Waals surface area contributed by atoms with Gasteiger partial charge in [-0.15, -0.1) is 0 Å². The summed E-state index contributed by atoms with van der Waals surface area (Å²) >= 11 is 0. The van der Waals surface area contributed by atoms with Gasteiger partial charge >= 0.3 is 0 Å². The molecule has 3 nitrogen and oxygen atoms in total. The monoisotopic (exact) mass is 366 g/mol. The fourth-order valence-corrected chi connectivity index (χ4v) is 3.62. The van der Waals surface area contributed by atoms with E-state index in [1.807, 2.05) is 0 Å². The maximum atomic E-state index is 5.85. The highest BCUT2D eigenvalue weighted by Gasteiger charge is 2.17. The molecule has 3 rings (SSSR count). The number of hydrogen-bond acceptors (Lipinski definition) is 3. The van der Waals surface area contributed by atoms with Crippen molar-refractivity contribution in [3.63, 3.8) is 0 Å². The van der Waals surface area contributed by atoms with Crippen LogP contribution >= 0.6 is 0 Å². The van der Waals surface area contributed by atoms with Gasteiger partial charge in [0.2, 0.25) is 0 Å². The van der Waals surface area contributed by atoms with Gasteiger partial charge in [0.05, 0.1) is 6.61 Å². The Morgan fingerprint density at radius 2 is 1.30 bits per heavy atom. The second-order valence-corrected chi connectivity index (χ2v) is 7.59. The molecule has 0 aromatic heterocycles. The van der Waals surface area contributed by atoms with Gasteiger partial charge in [0.25, 0.3) is 0 Å². The van der Waals surface area contributed by atoms with E-state index in [-0.39, 0.29) is 0 Å². The van der Waals surface area contributed by atoms with Gasteiger partial charge in [0.1, 0.15) is 5.75 Å². The van der Waals surface area contributed by atoms with Crippen molar-refractivity contribution in [2.24, 2.45) is 0 Å². The minimum Gasteiger partial charge on any atom is -0.494 e. The molecule has 0 amide bonds. The van der Waals surface area contributed by atoms with E-state index in [2.05, 4.69) is 71.3 Å². The molecule has 1 aliphatic rings. The third-order valence-corrected chi connectivity index (χ3v) is 5.31. The summed E-state index contributed by atoms with van der Waals surface area (Å²) in [5.74, 6) is 1.00. The Morgan fingerprint density at radius 1 is 0.704 bits per heavy atom. The lowest BCUT2D eigenvalue weighted by Gasteiger charge is -2.34. The number of hydrogen-bond donors (Lipinski definition) is 0. The van der Waals surface area contributed by atoms with Crippen molar-refractivity contribution in [3.8, 4) is 5.75 Å². The highest BCUT2D eigenvalue weighted by atomic mass is 16.5. The summed E-state index contributed by atoms with van der Waals surface area (Å²) in [5, 5.41) is 0. The molecule has 0 unspecified atom stereocenters. The number of unbranched alkanes of at least 4 members (excludes halogenated alkanes) is 3. The number of nitrogens with zero attached hydrogens (tertiary/aromatic N) is 2. The number of benzene rings is 2. The summed E-state index contributed by atoms with van der Waals surface area (Å²) < 4.78 is 5.85. The maximum absolute atomic E-state index is 5.85. The van der Waals surface area contributed by atoms with Crippen LogP contribution in [0.4, 0.5) is 0 Å². The molecule has 0 bridgehead atoms. The molecular formula is C24H34N2O. The lowest BCUT2D eigenvalue weighted by molar-refractivity contribution is 0.122. The molecule has 27 heavy (non-hydrogen) atoms. The normalized spacial score (nSPS) is 15.7. The van der Waals surface area contributed by atoms with Gasteiger partial charge in [-0.3, -0.25) is 9.80 Å². The average molecular weight is 367 g/mol. The van der Waals surface area contributed by atoms with Crippen molar-refractivity contribution in [1.29, 1.82) is 0 Å². The van der Waals surface area contributed by atoms with Crippen molar-refractivity contribution in [1.82, 2.24) is 9.80 Å². The second kappa shape index (κ2) is 11.1. The fourth-order valence-electron chi connectivity index (χ4n) is 3.62. The van der Waals surface area contributed by atoms with Crippen molar-refractivity contribution in [3.05, 3.63) is 65.7 Å². The molecule has 1 heterocycles. The molecule has 3 heteroatoms. The van der Waals surface area contributed by atoms with Crippen LogP contribution in [-0.4, -0.2) is 42.6 Å². The zero-order chi connectivity index (χ0) is 18.7. The molecule has 1 aliphatic heterocycles. The Kier molecular flexibility index (Phi) is 8.19. The highest BCUT2D eigenvalue weighted by Crippen LogP contribution is 2.16. The molecule has 0 saturated carbocycles. The molecule has 1 saturated heterocycles. The van der Waals surface area contributed by atoms with Crippen LogP contribution in [0, 0.1) is 0 Å². The van der Waals surface area contributed by atoms with E-state index in [4.69, 9.17) is 4.74 Å². The van der Waals surface area contributed by atoms with Crippen LogP contribution in [0.3, 0.4) is 0 Å². The van der Waals surface area contributed by atoms with Crippen LogP contribution in [0.1, 0.15) is 43.7 Å². The molecule has 0 radical (unpaired) electrons. The van der Waals surface area contributed by atoms with E-state index in [1.54, 1.807) is 0 Å². The van der Waals surface area contributed by atoms with E-state index in [9.17, 15) is 0 Å². The number of ether oxygens (including phenoxy) is 1. The molecule has 0 N–H and O–H groups in total. The van der Waals surface area contributed by atoms with Crippen LogP contribution in [0.15, 0.2) is 54.6 Å². The lowest BCUT2D eigenvalue weighted by Crippen LogP contribution is -2.45. The van der Waals surface area contributed by atoms with E-state index < -0.39 is 0 Å². The zero-order valence-corrected chi connectivity index (χ0v) is 16.8. The summed E-state index contributed by atoms with van der Waals surface area (Å²) in [5.41, 5.74) is 2.79. The zero-order valence-electron chi connectivity index (χ0n) is 16.8. The van der Waals surface area contributed by atoms with Gasteiger partial charge < -0.3 is 4.74 Å². The van der Waals surface area contributed by atoms with E-state index >= 15 is 0 Å². The minimum absolute atomic E-state index is 0.836. The van der Waals surface area contributed by atoms with Crippen LogP contribution in [-0.2, 0) is 13.1 Å². The number of rotatable bonds is 10. The van der Waals surface area contributed by atoms with Crippen LogP contribution in [0.2, 0.25) is 0 Å². The van der Waals surface area contributed by atoms with E-state index in [0.29, 0.717) is 0 Å².